The second kappa shape index (κ2) is 9.28. The van der Waals surface area contributed by atoms with Crippen molar-refractivity contribution < 1.29 is 14.6 Å². The lowest BCUT2D eigenvalue weighted by atomic mass is 10.2. The minimum absolute atomic E-state index is 0.0204. The first kappa shape index (κ1) is 19.1. The maximum absolute atomic E-state index is 11.7. The fourth-order valence-corrected chi connectivity index (χ4v) is 2.69. The highest BCUT2D eigenvalue weighted by molar-refractivity contribution is 7.99. The Balaban J connectivity index is 1.75. The minimum atomic E-state index is -0.509. The number of hydrazone groups is 1. The number of carbonyl (C=O) groups excluding carboxylic acids is 1. The summed E-state index contributed by atoms with van der Waals surface area (Å²) < 4.78 is 0. The van der Waals surface area contributed by atoms with Crippen LogP contribution in [0.4, 0.5) is 11.4 Å². The van der Waals surface area contributed by atoms with Crippen molar-refractivity contribution in [3.8, 4) is 0 Å². The van der Waals surface area contributed by atoms with Crippen LogP contribution in [0.25, 0.3) is 0 Å². The number of amides is 1. The largest absolute Gasteiger partial charge is 0.272 e. The Morgan fingerprint density at radius 2 is 1.77 bits per heavy atom. The molecule has 0 radical (unpaired) electrons. The molecule has 134 valence electrons. The van der Waals surface area contributed by atoms with Gasteiger partial charge in [-0.25, -0.2) is 5.43 Å². The molecule has 0 saturated heterocycles. The normalized spacial score (nSPS) is 10.6. The van der Waals surface area contributed by atoms with E-state index < -0.39 is 9.85 Å². The molecule has 0 aliphatic rings. The van der Waals surface area contributed by atoms with Crippen molar-refractivity contribution >= 4 is 35.3 Å². The first-order valence-electron chi connectivity index (χ1n) is 7.33. The lowest BCUT2D eigenvalue weighted by Crippen LogP contribution is -2.19. The van der Waals surface area contributed by atoms with Gasteiger partial charge in [-0.1, -0.05) is 24.3 Å². The molecule has 1 N–H and O–H groups in total. The van der Waals surface area contributed by atoms with Crippen molar-refractivity contribution in [3.05, 3.63) is 79.9 Å². The Hall–Kier alpha value is -3.27. The number of nitro groups is 2. The van der Waals surface area contributed by atoms with E-state index in [1.165, 1.54) is 48.3 Å². The van der Waals surface area contributed by atoms with Gasteiger partial charge in [-0.2, -0.15) is 5.10 Å². The lowest BCUT2D eigenvalue weighted by Gasteiger charge is -2.01. The van der Waals surface area contributed by atoms with Crippen molar-refractivity contribution in [2.24, 2.45) is 5.10 Å². The number of rotatable bonds is 8. The van der Waals surface area contributed by atoms with Crippen LogP contribution >= 0.6 is 11.8 Å². The van der Waals surface area contributed by atoms with Gasteiger partial charge < -0.3 is 0 Å². The smallest absolute Gasteiger partial charge is 0.270 e. The summed E-state index contributed by atoms with van der Waals surface area (Å²) in [5.41, 5.74) is 3.67. The number of benzene rings is 2. The molecular formula is C16H14N4O5S. The number of nitrogens with one attached hydrogen (secondary N) is 1. The molecule has 0 aliphatic carbocycles. The van der Waals surface area contributed by atoms with Crippen molar-refractivity contribution in [2.45, 2.75) is 5.75 Å². The third-order valence-electron chi connectivity index (χ3n) is 3.13. The second-order valence-corrected chi connectivity index (χ2v) is 6.05. The van der Waals surface area contributed by atoms with Gasteiger partial charge in [0.1, 0.15) is 0 Å². The zero-order chi connectivity index (χ0) is 18.9. The molecule has 0 atom stereocenters. The molecule has 0 fully saturated rings. The van der Waals surface area contributed by atoms with Gasteiger partial charge in [0.05, 0.1) is 21.8 Å². The maximum atomic E-state index is 11.7. The number of thioether (sulfide) groups is 1. The van der Waals surface area contributed by atoms with Crippen LogP contribution in [-0.4, -0.2) is 27.7 Å². The van der Waals surface area contributed by atoms with Gasteiger partial charge in [-0.15, -0.1) is 11.8 Å². The Bertz CT molecular complexity index is 839. The van der Waals surface area contributed by atoms with Crippen LogP contribution in [0.5, 0.6) is 0 Å². The van der Waals surface area contributed by atoms with E-state index in [4.69, 9.17) is 0 Å². The Morgan fingerprint density at radius 3 is 2.42 bits per heavy atom. The summed E-state index contributed by atoms with van der Waals surface area (Å²) in [4.78, 5) is 32.0. The van der Waals surface area contributed by atoms with E-state index >= 15 is 0 Å². The van der Waals surface area contributed by atoms with E-state index in [9.17, 15) is 25.0 Å². The van der Waals surface area contributed by atoms with Crippen LogP contribution in [0.15, 0.2) is 53.6 Å². The summed E-state index contributed by atoms with van der Waals surface area (Å²) in [5.74, 6) is 0.363. The Labute approximate surface area is 152 Å². The number of carbonyl (C=O) groups is 1. The van der Waals surface area contributed by atoms with Crippen LogP contribution in [0.2, 0.25) is 0 Å². The van der Waals surface area contributed by atoms with E-state index in [2.05, 4.69) is 10.5 Å². The molecule has 1 amide bonds. The average molecular weight is 374 g/mol. The fourth-order valence-electron chi connectivity index (χ4n) is 1.91. The summed E-state index contributed by atoms with van der Waals surface area (Å²) in [6.45, 7) is 0. The zero-order valence-electron chi connectivity index (χ0n) is 13.4. The molecule has 9 nitrogen and oxygen atoms in total. The van der Waals surface area contributed by atoms with Crippen LogP contribution in [0.3, 0.4) is 0 Å². The first-order valence-corrected chi connectivity index (χ1v) is 8.48. The molecule has 0 aromatic heterocycles. The molecule has 0 aliphatic heterocycles. The lowest BCUT2D eigenvalue weighted by molar-refractivity contribution is -0.385. The van der Waals surface area contributed by atoms with E-state index in [1.807, 2.05) is 0 Å². The van der Waals surface area contributed by atoms with Crippen LogP contribution in [0.1, 0.15) is 11.1 Å². The summed E-state index contributed by atoms with van der Waals surface area (Å²) >= 11 is 1.34. The van der Waals surface area contributed by atoms with Crippen LogP contribution in [0, 0.1) is 20.2 Å². The minimum Gasteiger partial charge on any atom is -0.272 e. The van der Waals surface area contributed by atoms with Crippen LogP contribution < -0.4 is 5.43 Å². The molecular weight excluding hydrogens is 360 g/mol. The van der Waals surface area contributed by atoms with Crippen molar-refractivity contribution in [2.75, 3.05) is 5.75 Å². The fraction of sp³-hybridized carbons (Fsp3) is 0.125. The predicted molar refractivity (Wildman–Crippen MR) is 98.1 cm³/mol. The highest BCUT2D eigenvalue weighted by Crippen LogP contribution is 2.16. The maximum Gasteiger partial charge on any atom is 0.270 e. The summed E-state index contributed by atoms with van der Waals surface area (Å²) in [7, 11) is 0. The molecule has 0 unspecified atom stereocenters. The molecule has 0 bridgehead atoms. The first-order chi connectivity index (χ1) is 12.5. The average Bonchev–Trinajstić information content (AvgIpc) is 2.62. The SMILES string of the molecule is O=C(CSCc1ccc([N+](=O)[O-])cc1)N/N=C/c1cccc([N+](=O)[O-])c1. The highest BCUT2D eigenvalue weighted by Gasteiger charge is 2.06. The van der Waals surface area contributed by atoms with E-state index in [0.29, 0.717) is 11.3 Å². The van der Waals surface area contributed by atoms with Gasteiger partial charge >= 0.3 is 0 Å². The predicted octanol–water partition coefficient (Wildman–Crippen LogP) is 2.89. The summed E-state index contributed by atoms with van der Waals surface area (Å²) in [5, 5.41) is 25.0. The zero-order valence-corrected chi connectivity index (χ0v) is 14.2. The third-order valence-corrected chi connectivity index (χ3v) is 4.14. The second-order valence-electron chi connectivity index (χ2n) is 5.06. The van der Waals surface area contributed by atoms with Crippen molar-refractivity contribution in [3.63, 3.8) is 0 Å². The summed E-state index contributed by atoms with van der Waals surface area (Å²) in [6, 6.07) is 12.0. The number of non-ortho nitro benzene ring substituents is 2. The van der Waals surface area contributed by atoms with Gasteiger partial charge in [-0.05, 0) is 5.56 Å². The van der Waals surface area contributed by atoms with Crippen molar-refractivity contribution in [1.29, 1.82) is 0 Å². The number of hydrogen-bond acceptors (Lipinski definition) is 7. The van der Waals surface area contributed by atoms with Gasteiger partial charge in [0, 0.05) is 35.6 Å². The summed E-state index contributed by atoms with van der Waals surface area (Å²) in [6.07, 6.45) is 1.33. The number of hydrogen-bond donors (Lipinski definition) is 1. The van der Waals surface area contributed by atoms with Gasteiger partial charge in [0.15, 0.2) is 0 Å². The quantitative estimate of drug-likeness (QED) is 0.430. The standard InChI is InChI=1S/C16H14N4O5S/c21-16(11-26-10-12-4-6-14(7-5-12)19(22)23)18-17-9-13-2-1-3-15(8-13)20(24)25/h1-9H,10-11H2,(H,18,21)/b17-9+. The number of nitro benzene ring substituents is 2. The Kier molecular flexibility index (Phi) is 6.80. The van der Waals surface area contributed by atoms with Gasteiger partial charge in [0.25, 0.3) is 11.4 Å². The van der Waals surface area contributed by atoms with E-state index in [1.54, 1.807) is 18.2 Å². The van der Waals surface area contributed by atoms with Gasteiger partial charge in [0.2, 0.25) is 5.91 Å². The highest BCUT2D eigenvalue weighted by atomic mass is 32.2. The third kappa shape index (κ3) is 5.98. The molecule has 2 aromatic carbocycles. The monoisotopic (exact) mass is 374 g/mol. The molecule has 0 heterocycles. The molecule has 2 aromatic rings. The van der Waals surface area contributed by atoms with Crippen molar-refractivity contribution in [1.82, 2.24) is 5.43 Å². The van der Waals surface area contributed by atoms with Crippen LogP contribution in [-0.2, 0) is 10.5 Å². The van der Waals surface area contributed by atoms with E-state index in [-0.39, 0.29) is 23.0 Å². The molecule has 2 rings (SSSR count). The van der Waals surface area contributed by atoms with E-state index in [0.717, 1.165) is 5.56 Å². The topological polar surface area (TPSA) is 128 Å². The molecule has 0 spiro atoms. The van der Waals surface area contributed by atoms with Gasteiger partial charge in [-0.3, -0.25) is 25.0 Å². The molecule has 10 heteroatoms. The Morgan fingerprint density at radius 1 is 1.08 bits per heavy atom. The molecule has 26 heavy (non-hydrogen) atoms. The number of nitrogens with zero attached hydrogens (tertiary/aromatic N) is 3. The molecule has 0 saturated carbocycles.